The number of hydrogen-bond acceptors (Lipinski definition) is 3. The minimum absolute atomic E-state index is 0.000994. The summed E-state index contributed by atoms with van der Waals surface area (Å²) in [7, 11) is 0. The quantitative estimate of drug-likeness (QED) is 0.742. The lowest BCUT2D eigenvalue weighted by atomic mass is 10.1. The third-order valence-electron chi connectivity index (χ3n) is 5.70. The number of carbonyl (C=O) groups excluding carboxylic acids is 1. The number of aryl methyl sites for hydroxylation is 1. The highest BCUT2D eigenvalue weighted by Gasteiger charge is 2.26. The molecule has 1 aliphatic carbocycles. The molecule has 1 unspecified atom stereocenters. The fourth-order valence-corrected chi connectivity index (χ4v) is 3.89. The monoisotopic (exact) mass is 365 g/mol. The number of aromatic nitrogens is 4. The summed E-state index contributed by atoms with van der Waals surface area (Å²) in [6, 6.07) is 7.72. The second-order valence-corrected chi connectivity index (χ2v) is 7.75. The molecule has 1 amide bonds. The fraction of sp³-hybridized carbons (Fsp3) is 0.450. The van der Waals surface area contributed by atoms with Crippen molar-refractivity contribution in [1.82, 2.24) is 24.6 Å². The Morgan fingerprint density at radius 2 is 2.11 bits per heavy atom. The number of nitrogens with zero attached hydrogens (tertiary/aromatic N) is 3. The number of rotatable bonds is 4. The van der Waals surface area contributed by atoms with Crippen molar-refractivity contribution < 1.29 is 4.79 Å². The molecular formula is C20H23N5O2. The van der Waals surface area contributed by atoms with Crippen LogP contribution in [0.1, 0.15) is 41.9 Å². The van der Waals surface area contributed by atoms with Crippen LogP contribution in [0.2, 0.25) is 0 Å². The molecule has 3 heterocycles. The van der Waals surface area contributed by atoms with Gasteiger partial charge in [0.25, 0.3) is 5.91 Å². The Balaban J connectivity index is 1.27. The van der Waals surface area contributed by atoms with Crippen LogP contribution in [-0.2, 0) is 19.5 Å². The highest BCUT2D eigenvalue weighted by molar-refractivity contribution is 5.98. The van der Waals surface area contributed by atoms with Gasteiger partial charge in [-0.25, -0.2) is 9.48 Å². The molecule has 27 heavy (non-hydrogen) atoms. The zero-order valence-corrected chi connectivity index (χ0v) is 15.1. The van der Waals surface area contributed by atoms with E-state index in [-0.39, 0.29) is 17.6 Å². The number of H-pyrrole nitrogens is 1. The van der Waals surface area contributed by atoms with Gasteiger partial charge < -0.3 is 10.3 Å². The van der Waals surface area contributed by atoms with Gasteiger partial charge in [-0.1, -0.05) is 6.07 Å². The Kier molecular flexibility index (Phi) is 3.88. The van der Waals surface area contributed by atoms with Gasteiger partial charge in [0.1, 0.15) is 5.82 Å². The highest BCUT2D eigenvalue weighted by Crippen LogP contribution is 2.30. The number of amides is 1. The zero-order chi connectivity index (χ0) is 18.4. The Morgan fingerprint density at radius 3 is 2.96 bits per heavy atom. The molecule has 5 rings (SSSR count). The van der Waals surface area contributed by atoms with E-state index in [0.29, 0.717) is 24.4 Å². The van der Waals surface area contributed by atoms with E-state index in [1.807, 2.05) is 30.5 Å². The SMILES string of the molecule is O=C(NC1CCc2nn(CC3CC3)c(=O)n2CC1)c1ccc2cc[nH]c2c1. The summed E-state index contributed by atoms with van der Waals surface area (Å²) in [4.78, 5) is 28.3. The van der Waals surface area contributed by atoms with Gasteiger partial charge in [0.15, 0.2) is 0 Å². The first-order chi connectivity index (χ1) is 13.2. The molecule has 0 radical (unpaired) electrons. The van der Waals surface area contributed by atoms with Crippen molar-refractivity contribution in [3.63, 3.8) is 0 Å². The van der Waals surface area contributed by atoms with Crippen LogP contribution in [0.3, 0.4) is 0 Å². The van der Waals surface area contributed by atoms with Crippen molar-refractivity contribution in [2.75, 3.05) is 0 Å². The fourth-order valence-electron chi connectivity index (χ4n) is 3.89. The smallest absolute Gasteiger partial charge is 0.345 e. The van der Waals surface area contributed by atoms with Gasteiger partial charge in [0, 0.05) is 42.8 Å². The van der Waals surface area contributed by atoms with Crippen LogP contribution in [0.5, 0.6) is 0 Å². The number of nitrogens with one attached hydrogen (secondary N) is 2. The molecule has 1 aliphatic heterocycles. The number of aromatic amines is 1. The van der Waals surface area contributed by atoms with Crippen LogP contribution in [0.15, 0.2) is 35.3 Å². The molecule has 0 bridgehead atoms. The van der Waals surface area contributed by atoms with Gasteiger partial charge in [0.05, 0.1) is 0 Å². The van der Waals surface area contributed by atoms with Crippen LogP contribution >= 0.6 is 0 Å². The van der Waals surface area contributed by atoms with Gasteiger partial charge >= 0.3 is 5.69 Å². The number of benzene rings is 1. The van der Waals surface area contributed by atoms with Crippen LogP contribution in [0, 0.1) is 5.92 Å². The summed E-state index contributed by atoms with van der Waals surface area (Å²) in [6.07, 6.45) is 6.55. The molecule has 1 atom stereocenters. The largest absolute Gasteiger partial charge is 0.361 e. The first-order valence-corrected chi connectivity index (χ1v) is 9.72. The lowest BCUT2D eigenvalue weighted by Crippen LogP contribution is -2.35. The zero-order valence-electron chi connectivity index (χ0n) is 15.1. The van der Waals surface area contributed by atoms with Crippen molar-refractivity contribution in [1.29, 1.82) is 0 Å². The maximum atomic E-state index is 12.6. The molecule has 3 aromatic rings. The summed E-state index contributed by atoms with van der Waals surface area (Å²) < 4.78 is 3.43. The van der Waals surface area contributed by atoms with E-state index in [2.05, 4.69) is 15.4 Å². The van der Waals surface area contributed by atoms with E-state index in [1.165, 1.54) is 12.8 Å². The van der Waals surface area contributed by atoms with Gasteiger partial charge in [-0.15, -0.1) is 0 Å². The molecule has 2 aromatic heterocycles. The molecule has 2 N–H and O–H groups in total. The Labute approximate surface area is 156 Å². The van der Waals surface area contributed by atoms with Crippen LogP contribution in [0.25, 0.3) is 10.9 Å². The number of hydrogen-bond donors (Lipinski definition) is 2. The minimum Gasteiger partial charge on any atom is -0.361 e. The predicted molar refractivity (Wildman–Crippen MR) is 102 cm³/mol. The number of carbonyl (C=O) groups is 1. The second kappa shape index (κ2) is 6.40. The number of fused-ring (bicyclic) bond motifs is 2. The Bertz CT molecular complexity index is 1060. The van der Waals surface area contributed by atoms with Crippen LogP contribution in [-0.4, -0.2) is 31.3 Å². The first-order valence-electron chi connectivity index (χ1n) is 9.72. The maximum absolute atomic E-state index is 12.6. The predicted octanol–water partition coefficient (Wildman–Crippen LogP) is 2.07. The summed E-state index contributed by atoms with van der Waals surface area (Å²) in [5.74, 6) is 1.42. The van der Waals surface area contributed by atoms with E-state index in [4.69, 9.17) is 0 Å². The normalized spacial score (nSPS) is 19.6. The third kappa shape index (κ3) is 3.18. The van der Waals surface area contributed by atoms with Crippen LogP contribution < -0.4 is 11.0 Å². The maximum Gasteiger partial charge on any atom is 0.345 e. The molecule has 140 valence electrons. The van der Waals surface area contributed by atoms with E-state index < -0.39 is 0 Å². The summed E-state index contributed by atoms with van der Waals surface area (Å²) in [5, 5.41) is 8.76. The topological polar surface area (TPSA) is 84.7 Å². The van der Waals surface area contributed by atoms with Crippen molar-refractivity contribution in [2.24, 2.45) is 5.92 Å². The van der Waals surface area contributed by atoms with Gasteiger partial charge in [0.2, 0.25) is 0 Å². The molecule has 7 heteroatoms. The van der Waals surface area contributed by atoms with Crippen molar-refractivity contribution in [3.8, 4) is 0 Å². The molecule has 1 saturated carbocycles. The van der Waals surface area contributed by atoms with Crippen molar-refractivity contribution >= 4 is 16.8 Å². The highest BCUT2D eigenvalue weighted by atomic mass is 16.2. The van der Waals surface area contributed by atoms with E-state index in [1.54, 1.807) is 9.25 Å². The standard InChI is InChI=1S/C20H23N5O2/c26-19(15-4-3-14-7-9-21-17(14)11-15)22-16-5-6-18-23-25(12-13-1-2-13)20(27)24(18)10-8-16/h3-4,7,9,11,13,16,21H,1-2,5-6,8,10,12H2,(H,22,26). The molecule has 1 aromatic carbocycles. The summed E-state index contributed by atoms with van der Waals surface area (Å²) in [5.41, 5.74) is 1.61. The summed E-state index contributed by atoms with van der Waals surface area (Å²) >= 11 is 0. The van der Waals surface area contributed by atoms with E-state index in [0.717, 1.165) is 36.1 Å². The van der Waals surface area contributed by atoms with Gasteiger partial charge in [-0.2, -0.15) is 5.10 Å². The average molecular weight is 365 g/mol. The van der Waals surface area contributed by atoms with Gasteiger partial charge in [-0.3, -0.25) is 9.36 Å². The van der Waals surface area contributed by atoms with Crippen molar-refractivity contribution in [3.05, 3.63) is 52.3 Å². The lowest BCUT2D eigenvalue weighted by molar-refractivity contribution is 0.0933. The molecule has 7 nitrogen and oxygen atoms in total. The van der Waals surface area contributed by atoms with Crippen molar-refractivity contribution in [2.45, 2.75) is 51.2 Å². The van der Waals surface area contributed by atoms with Gasteiger partial charge in [-0.05, 0) is 55.2 Å². The summed E-state index contributed by atoms with van der Waals surface area (Å²) in [6.45, 7) is 1.36. The van der Waals surface area contributed by atoms with Crippen LogP contribution in [0.4, 0.5) is 0 Å². The van der Waals surface area contributed by atoms with E-state index >= 15 is 0 Å². The minimum atomic E-state index is -0.0674. The average Bonchev–Trinajstić information content (AvgIpc) is 3.33. The Morgan fingerprint density at radius 1 is 1.22 bits per heavy atom. The molecule has 2 aliphatic rings. The van der Waals surface area contributed by atoms with E-state index in [9.17, 15) is 9.59 Å². The molecule has 1 fully saturated rings. The third-order valence-corrected chi connectivity index (χ3v) is 5.70. The molecular weight excluding hydrogens is 342 g/mol. The Hall–Kier alpha value is -2.83. The first kappa shape index (κ1) is 16.4. The second-order valence-electron chi connectivity index (χ2n) is 7.75. The lowest BCUT2D eigenvalue weighted by Gasteiger charge is -2.16. The molecule has 0 saturated heterocycles. The molecule has 0 spiro atoms.